The molecule has 2 rings (SSSR count). The molecule has 0 atom stereocenters. The lowest BCUT2D eigenvalue weighted by Gasteiger charge is -2.10. The van der Waals surface area contributed by atoms with Crippen molar-refractivity contribution in [2.45, 2.75) is 11.8 Å². The summed E-state index contributed by atoms with van der Waals surface area (Å²) in [4.78, 5) is 11.2. The number of benzene rings is 2. The van der Waals surface area contributed by atoms with Gasteiger partial charge in [-0.2, -0.15) is 0 Å². The smallest absolute Gasteiger partial charge is 0.263 e. The molecule has 0 bridgehead atoms. The Bertz CT molecular complexity index is 804. The van der Waals surface area contributed by atoms with Gasteiger partial charge in [-0.1, -0.05) is 35.3 Å². The lowest BCUT2D eigenvalue weighted by atomic mass is 10.1. The molecule has 0 aliphatic heterocycles. The summed E-state index contributed by atoms with van der Waals surface area (Å²) in [7, 11) is -3.86. The summed E-state index contributed by atoms with van der Waals surface area (Å²) in [6, 6.07) is 10.3. The van der Waals surface area contributed by atoms with Crippen LogP contribution in [0, 0.1) is 0 Å². The highest BCUT2D eigenvalue weighted by Crippen LogP contribution is 2.26. The average Bonchev–Trinajstić information content (AvgIpc) is 2.37. The van der Waals surface area contributed by atoms with E-state index in [-0.39, 0.29) is 21.4 Å². The first-order valence-electron chi connectivity index (χ1n) is 5.88. The molecule has 0 aliphatic carbocycles. The van der Waals surface area contributed by atoms with Crippen LogP contribution in [-0.2, 0) is 10.0 Å². The lowest BCUT2D eigenvalue weighted by Crippen LogP contribution is -2.13. The summed E-state index contributed by atoms with van der Waals surface area (Å²) in [5, 5.41) is 0.371. The molecule has 7 heteroatoms. The Morgan fingerprint density at radius 1 is 1.10 bits per heavy atom. The van der Waals surface area contributed by atoms with E-state index in [2.05, 4.69) is 4.72 Å². The van der Waals surface area contributed by atoms with Crippen LogP contribution in [0.25, 0.3) is 0 Å². The first kappa shape index (κ1) is 15.8. The highest BCUT2D eigenvalue weighted by atomic mass is 35.5. The standard InChI is InChI=1S/C14H11Cl2NO3S/c1-9(18)10-3-2-4-12(7-10)17-21(19,20)14-6-5-11(15)8-13(14)16/h2-8,17H,1H3. The minimum absolute atomic E-state index is 0.0257. The Morgan fingerprint density at radius 3 is 2.43 bits per heavy atom. The highest BCUT2D eigenvalue weighted by Gasteiger charge is 2.18. The zero-order valence-corrected chi connectivity index (χ0v) is 13.3. The Hall–Kier alpha value is -1.56. The van der Waals surface area contributed by atoms with E-state index >= 15 is 0 Å². The minimum atomic E-state index is -3.86. The van der Waals surface area contributed by atoms with Crippen molar-refractivity contribution >= 4 is 44.7 Å². The van der Waals surface area contributed by atoms with Crippen molar-refractivity contribution in [2.75, 3.05) is 4.72 Å². The van der Waals surface area contributed by atoms with Gasteiger partial charge in [0, 0.05) is 16.3 Å². The number of rotatable bonds is 4. The van der Waals surface area contributed by atoms with Crippen LogP contribution in [0.3, 0.4) is 0 Å². The van der Waals surface area contributed by atoms with E-state index in [1.165, 1.54) is 31.2 Å². The number of hydrogen-bond donors (Lipinski definition) is 1. The van der Waals surface area contributed by atoms with E-state index in [0.29, 0.717) is 10.6 Å². The third-order valence-corrected chi connectivity index (χ3v) is 4.80. The second-order valence-electron chi connectivity index (χ2n) is 4.32. The molecule has 21 heavy (non-hydrogen) atoms. The largest absolute Gasteiger partial charge is 0.295 e. The summed E-state index contributed by atoms with van der Waals surface area (Å²) < 4.78 is 27.0. The van der Waals surface area contributed by atoms with E-state index in [0.717, 1.165) is 0 Å². The van der Waals surface area contributed by atoms with Crippen LogP contribution in [-0.4, -0.2) is 14.2 Å². The summed E-state index contributed by atoms with van der Waals surface area (Å²) in [6.07, 6.45) is 0. The van der Waals surface area contributed by atoms with Crippen LogP contribution >= 0.6 is 23.2 Å². The van der Waals surface area contributed by atoms with Crippen molar-refractivity contribution in [1.82, 2.24) is 0 Å². The number of ketones is 1. The second-order valence-corrected chi connectivity index (χ2v) is 6.81. The molecule has 2 aromatic carbocycles. The zero-order chi connectivity index (χ0) is 15.6. The van der Waals surface area contributed by atoms with Gasteiger partial charge in [-0.15, -0.1) is 0 Å². The number of carbonyl (C=O) groups excluding carboxylic acids is 1. The molecule has 4 nitrogen and oxygen atoms in total. The Labute approximate surface area is 132 Å². The maximum Gasteiger partial charge on any atom is 0.263 e. The number of anilines is 1. The summed E-state index contributed by atoms with van der Waals surface area (Å²) in [5.74, 6) is -0.152. The van der Waals surface area contributed by atoms with E-state index in [1.807, 2.05) is 0 Å². The number of halogens is 2. The van der Waals surface area contributed by atoms with Gasteiger partial charge in [0.15, 0.2) is 5.78 Å². The zero-order valence-electron chi connectivity index (χ0n) is 10.9. The molecule has 0 heterocycles. The van der Waals surface area contributed by atoms with Crippen LogP contribution < -0.4 is 4.72 Å². The van der Waals surface area contributed by atoms with Gasteiger partial charge in [-0.3, -0.25) is 9.52 Å². The molecule has 0 spiro atoms. The molecule has 110 valence electrons. The molecule has 0 fully saturated rings. The number of carbonyl (C=O) groups is 1. The highest BCUT2D eigenvalue weighted by molar-refractivity contribution is 7.92. The number of Topliss-reactive ketones (excluding diaryl/α,β-unsaturated/α-hetero) is 1. The molecular formula is C14H11Cl2NO3S. The quantitative estimate of drug-likeness (QED) is 0.853. The molecule has 0 saturated heterocycles. The number of hydrogen-bond acceptors (Lipinski definition) is 3. The molecule has 0 radical (unpaired) electrons. The van der Waals surface area contributed by atoms with Crippen molar-refractivity contribution in [2.24, 2.45) is 0 Å². The fourth-order valence-electron chi connectivity index (χ4n) is 1.70. The molecule has 2 aromatic rings. The predicted octanol–water partition coefficient (Wildman–Crippen LogP) is 4.00. The van der Waals surface area contributed by atoms with Crippen molar-refractivity contribution in [3.8, 4) is 0 Å². The first-order chi connectivity index (χ1) is 9.79. The average molecular weight is 344 g/mol. The van der Waals surface area contributed by atoms with E-state index in [1.54, 1.807) is 18.2 Å². The third kappa shape index (κ3) is 3.75. The monoisotopic (exact) mass is 343 g/mol. The summed E-state index contributed by atoms with van der Waals surface area (Å²) in [5.41, 5.74) is 0.700. The molecule has 0 aromatic heterocycles. The number of sulfonamides is 1. The van der Waals surface area contributed by atoms with Gasteiger partial charge in [0.2, 0.25) is 0 Å². The molecule has 0 unspecified atom stereocenters. The third-order valence-electron chi connectivity index (χ3n) is 2.70. The fraction of sp³-hybridized carbons (Fsp3) is 0.0714. The summed E-state index contributed by atoms with van der Waals surface area (Å²) in [6.45, 7) is 1.41. The van der Waals surface area contributed by atoms with Gasteiger partial charge in [0.05, 0.1) is 5.02 Å². The molecule has 0 amide bonds. The van der Waals surface area contributed by atoms with Crippen LogP contribution in [0.15, 0.2) is 47.4 Å². The van der Waals surface area contributed by atoms with Crippen LogP contribution in [0.4, 0.5) is 5.69 Å². The van der Waals surface area contributed by atoms with E-state index in [9.17, 15) is 13.2 Å². The maximum absolute atomic E-state index is 12.3. The number of nitrogens with one attached hydrogen (secondary N) is 1. The summed E-state index contributed by atoms with van der Waals surface area (Å²) >= 11 is 11.6. The SMILES string of the molecule is CC(=O)c1cccc(NS(=O)(=O)c2ccc(Cl)cc2Cl)c1. The van der Waals surface area contributed by atoms with E-state index in [4.69, 9.17) is 23.2 Å². The van der Waals surface area contributed by atoms with Gasteiger partial charge in [0.1, 0.15) is 4.90 Å². The maximum atomic E-state index is 12.3. The van der Waals surface area contributed by atoms with Crippen LogP contribution in [0.5, 0.6) is 0 Å². The predicted molar refractivity (Wildman–Crippen MR) is 83.7 cm³/mol. The van der Waals surface area contributed by atoms with Crippen LogP contribution in [0.1, 0.15) is 17.3 Å². The van der Waals surface area contributed by atoms with Crippen molar-refractivity contribution in [3.05, 3.63) is 58.1 Å². The van der Waals surface area contributed by atoms with Crippen molar-refractivity contribution in [3.63, 3.8) is 0 Å². The van der Waals surface area contributed by atoms with Gasteiger partial charge in [-0.25, -0.2) is 8.42 Å². The fourth-order valence-corrected chi connectivity index (χ4v) is 3.53. The Balaban J connectivity index is 2.37. The van der Waals surface area contributed by atoms with Gasteiger partial charge in [0.25, 0.3) is 10.0 Å². The van der Waals surface area contributed by atoms with Gasteiger partial charge < -0.3 is 0 Å². The van der Waals surface area contributed by atoms with Gasteiger partial charge in [-0.05, 0) is 37.3 Å². The second kappa shape index (κ2) is 6.05. The topological polar surface area (TPSA) is 63.2 Å². The Kier molecular flexibility index (Phi) is 4.56. The van der Waals surface area contributed by atoms with Crippen LogP contribution in [0.2, 0.25) is 10.0 Å². The normalized spacial score (nSPS) is 11.2. The molecule has 1 N–H and O–H groups in total. The molecule has 0 aliphatic rings. The van der Waals surface area contributed by atoms with Crippen molar-refractivity contribution in [1.29, 1.82) is 0 Å². The minimum Gasteiger partial charge on any atom is -0.295 e. The lowest BCUT2D eigenvalue weighted by molar-refractivity contribution is 0.101. The Morgan fingerprint density at radius 2 is 1.81 bits per heavy atom. The molecule has 0 saturated carbocycles. The molecular weight excluding hydrogens is 333 g/mol. The van der Waals surface area contributed by atoms with Gasteiger partial charge >= 0.3 is 0 Å². The van der Waals surface area contributed by atoms with E-state index < -0.39 is 10.0 Å². The first-order valence-corrected chi connectivity index (χ1v) is 8.12. The van der Waals surface area contributed by atoms with Crippen molar-refractivity contribution < 1.29 is 13.2 Å².